The first-order chi connectivity index (χ1) is 6.82. The van der Waals surface area contributed by atoms with Gasteiger partial charge < -0.3 is 15.7 Å². The van der Waals surface area contributed by atoms with Crippen molar-refractivity contribution in [3.05, 3.63) is 0 Å². The highest BCUT2D eigenvalue weighted by Gasteiger charge is 2.34. The molecule has 0 aromatic rings. The molecular formula is C7H12N2O5S. The molecule has 1 heterocycles. The van der Waals surface area contributed by atoms with Crippen LogP contribution in [0, 0.1) is 0 Å². The maximum Gasteiger partial charge on any atom is 0.315 e. The molecule has 1 saturated heterocycles. The highest BCUT2D eigenvalue weighted by molar-refractivity contribution is 7.91. The molecule has 2 amide bonds. The minimum atomic E-state index is -3.26. The van der Waals surface area contributed by atoms with Crippen LogP contribution in [-0.2, 0) is 14.6 Å². The largest absolute Gasteiger partial charge is 0.481 e. The minimum absolute atomic E-state index is 0.0321. The second kappa shape index (κ2) is 4.05. The van der Waals surface area contributed by atoms with Crippen molar-refractivity contribution in [1.82, 2.24) is 4.90 Å². The molecule has 0 aromatic carbocycles. The number of hydrogen-bond donors (Lipinski definition) is 2. The highest BCUT2D eigenvalue weighted by atomic mass is 32.2. The zero-order valence-corrected chi connectivity index (χ0v) is 8.74. The van der Waals surface area contributed by atoms with Crippen molar-refractivity contribution in [3.8, 4) is 0 Å². The predicted octanol–water partition coefficient (Wildman–Crippen LogP) is -1.36. The molecule has 0 spiro atoms. The number of carbonyl (C=O) groups is 2. The molecule has 1 rings (SSSR count). The van der Waals surface area contributed by atoms with Crippen molar-refractivity contribution >= 4 is 21.8 Å². The van der Waals surface area contributed by atoms with E-state index in [4.69, 9.17) is 10.8 Å². The van der Waals surface area contributed by atoms with Gasteiger partial charge in [-0.25, -0.2) is 13.2 Å². The lowest BCUT2D eigenvalue weighted by Crippen LogP contribution is -2.53. The summed E-state index contributed by atoms with van der Waals surface area (Å²) in [4.78, 5) is 22.5. The summed E-state index contributed by atoms with van der Waals surface area (Å²) in [5, 5.41) is 8.56. The Bertz CT molecular complexity index is 377. The Labute approximate surface area is 86.8 Å². The molecule has 7 nitrogen and oxygen atoms in total. The van der Waals surface area contributed by atoms with Crippen LogP contribution < -0.4 is 5.73 Å². The number of carboxylic acids is 1. The summed E-state index contributed by atoms with van der Waals surface area (Å²) >= 11 is 0. The van der Waals surface area contributed by atoms with Crippen molar-refractivity contribution in [2.24, 2.45) is 5.73 Å². The van der Waals surface area contributed by atoms with E-state index < -0.39 is 34.3 Å². The van der Waals surface area contributed by atoms with E-state index in [9.17, 15) is 18.0 Å². The molecule has 0 bridgehead atoms. The van der Waals surface area contributed by atoms with Crippen LogP contribution in [0.5, 0.6) is 0 Å². The van der Waals surface area contributed by atoms with Gasteiger partial charge in [-0.05, 0) is 0 Å². The van der Waals surface area contributed by atoms with E-state index in [-0.39, 0.29) is 18.1 Å². The standard InChI is InChI=1S/C7H12N2O5S/c8-7(12)9-1-2-15(13,14)4-5(9)3-6(10)11/h5H,1-4H2,(H2,8,12)(H,10,11). The Morgan fingerprint density at radius 1 is 1.47 bits per heavy atom. The van der Waals surface area contributed by atoms with Crippen LogP contribution in [-0.4, -0.2) is 54.5 Å². The summed E-state index contributed by atoms with van der Waals surface area (Å²) in [6, 6.07) is -1.63. The third-order valence-electron chi connectivity index (χ3n) is 2.22. The Kier molecular flexibility index (Phi) is 3.18. The molecule has 0 radical (unpaired) electrons. The molecule has 8 heteroatoms. The smallest absolute Gasteiger partial charge is 0.315 e. The first-order valence-electron chi connectivity index (χ1n) is 4.30. The van der Waals surface area contributed by atoms with Gasteiger partial charge in [0.15, 0.2) is 9.84 Å². The average Bonchev–Trinajstić information content (AvgIpc) is 1.99. The number of rotatable bonds is 2. The lowest BCUT2D eigenvalue weighted by atomic mass is 10.2. The van der Waals surface area contributed by atoms with Crippen molar-refractivity contribution < 1.29 is 23.1 Å². The summed E-state index contributed by atoms with van der Waals surface area (Å²) in [7, 11) is -3.26. The van der Waals surface area contributed by atoms with Gasteiger partial charge in [0.1, 0.15) is 0 Å². The van der Waals surface area contributed by atoms with E-state index in [2.05, 4.69) is 0 Å². The normalized spacial score (nSPS) is 24.8. The average molecular weight is 236 g/mol. The van der Waals surface area contributed by atoms with Gasteiger partial charge in [0.2, 0.25) is 0 Å². The van der Waals surface area contributed by atoms with E-state index in [1.54, 1.807) is 0 Å². The number of primary amides is 1. The number of urea groups is 1. The molecule has 15 heavy (non-hydrogen) atoms. The lowest BCUT2D eigenvalue weighted by Gasteiger charge is -2.33. The third kappa shape index (κ3) is 3.08. The van der Waals surface area contributed by atoms with Gasteiger partial charge in [-0.2, -0.15) is 0 Å². The van der Waals surface area contributed by atoms with Gasteiger partial charge in [-0.3, -0.25) is 4.79 Å². The Morgan fingerprint density at radius 2 is 2.07 bits per heavy atom. The number of sulfone groups is 1. The molecule has 1 atom stereocenters. The summed E-state index contributed by atoms with van der Waals surface area (Å²) in [6.45, 7) is -0.0321. The zero-order chi connectivity index (χ0) is 11.6. The van der Waals surface area contributed by atoms with Crippen molar-refractivity contribution in [1.29, 1.82) is 0 Å². The van der Waals surface area contributed by atoms with Crippen LogP contribution in [0.25, 0.3) is 0 Å². The van der Waals surface area contributed by atoms with E-state index in [0.29, 0.717) is 0 Å². The minimum Gasteiger partial charge on any atom is -0.481 e. The van der Waals surface area contributed by atoms with Crippen LogP contribution in [0.1, 0.15) is 6.42 Å². The monoisotopic (exact) mass is 236 g/mol. The third-order valence-corrected chi connectivity index (χ3v) is 3.92. The topological polar surface area (TPSA) is 118 Å². The molecule has 0 aliphatic carbocycles. The van der Waals surface area contributed by atoms with E-state index >= 15 is 0 Å². The number of nitrogens with two attached hydrogens (primary N) is 1. The second-order valence-corrected chi connectivity index (χ2v) is 5.63. The molecule has 1 fully saturated rings. The van der Waals surface area contributed by atoms with E-state index in [1.807, 2.05) is 0 Å². The molecule has 1 aliphatic rings. The molecular weight excluding hydrogens is 224 g/mol. The zero-order valence-electron chi connectivity index (χ0n) is 7.92. The first-order valence-corrected chi connectivity index (χ1v) is 6.12. The number of nitrogens with zero attached hydrogens (tertiary/aromatic N) is 1. The second-order valence-electron chi connectivity index (χ2n) is 3.40. The summed E-state index contributed by atoms with van der Waals surface area (Å²) in [6.07, 6.45) is -0.401. The van der Waals surface area contributed by atoms with Gasteiger partial charge in [0, 0.05) is 6.54 Å². The summed E-state index contributed by atoms with van der Waals surface area (Å²) < 4.78 is 22.5. The predicted molar refractivity (Wildman–Crippen MR) is 51.0 cm³/mol. The van der Waals surface area contributed by atoms with Gasteiger partial charge in [0.25, 0.3) is 0 Å². The Hall–Kier alpha value is -1.31. The first kappa shape index (κ1) is 11.8. The lowest BCUT2D eigenvalue weighted by molar-refractivity contribution is -0.137. The fourth-order valence-corrected chi connectivity index (χ4v) is 3.07. The van der Waals surface area contributed by atoms with Gasteiger partial charge >= 0.3 is 12.0 Å². The molecule has 0 saturated carbocycles. The molecule has 1 unspecified atom stereocenters. The summed E-state index contributed by atoms with van der Waals surface area (Å²) in [5.41, 5.74) is 5.02. The quantitative estimate of drug-likeness (QED) is 0.613. The van der Waals surface area contributed by atoms with Gasteiger partial charge in [-0.15, -0.1) is 0 Å². The van der Waals surface area contributed by atoms with Crippen molar-refractivity contribution in [2.75, 3.05) is 18.1 Å². The van der Waals surface area contributed by atoms with Gasteiger partial charge in [-0.1, -0.05) is 0 Å². The fourth-order valence-electron chi connectivity index (χ4n) is 1.55. The number of aliphatic carboxylic acids is 1. The van der Waals surface area contributed by atoms with Crippen molar-refractivity contribution in [3.63, 3.8) is 0 Å². The molecule has 1 aliphatic heterocycles. The fraction of sp³-hybridized carbons (Fsp3) is 0.714. The van der Waals surface area contributed by atoms with E-state index in [0.717, 1.165) is 4.90 Å². The summed E-state index contributed by atoms with van der Waals surface area (Å²) in [5.74, 6) is -1.64. The van der Waals surface area contributed by atoms with Crippen LogP contribution in [0.2, 0.25) is 0 Å². The highest BCUT2D eigenvalue weighted by Crippen LogP contribution is 2.14. The Balaban J connectivity index is 2.82. The molecule has 3 N–H and O–H groups in total. The number of amides is 2. The number of hydrogen-bond acceptors (Lipinski definition) is 4. The van der Waals surface area contributed by atoms with Crippen LogP contribution in [0.4, 0.5) is 4.79 Å². The van der Waals surface area contributed by atoms with Crippen LogP contribution in [0.15, 0.2) is 0 Å². The van der Waals surface area contributed by atoms with Gasteiger partial charge in [0.05, 0.1) is 24.0 Å². The Morgan fingerprint density at radius 3 is 2.53 bits per heavy atom. The SMILES string of the molecule is NC(=O)N1CCS(=O)(=O)CC1CC(=O)O. The molecule has 0 aromatic heterocycles. The maximum atomic E-state index is 11.2. The number of carbonyl (C=O) groups excluding carboxylic acids is 1. The van der Waals surface area contributed by atoms with E-state index in [1.165, 1.54) is 0 Å². The molecule has 86 valence electrons. The maximum absolute atomic E-state index is 11.2. The number of carboxylic acid groups (broad SMARTS) is 1. The van der Waals surface area contributed by atoms with Crippen LogP contribution >= 0.6 is 0 Å². The van der Waals surface area contributed by atoms with Crippen LogP contribution in [0.3, 0.4) is 0 Å². The van der Waals surface area contributed by atoms with Crippen molar-refractivity contribution in [2.45, 2.75) is 12.5 Å².